The molecule has 4 heteroatoms. The summed E-state index contributed by atoms with van der Waals surface area (Å²) in [6.07, 6.45) is 0.694. The second-order valence-corrected chi connectivity index (χ2v) is 6.98. The highest BCUT2D eigenvalue weighted by Gasteiger charge is 2.10. The Morgan fingerprint density at radius 3 is 2.22 bits per heavy atom. The van der Waals surface area contributed by atoms with Gasteiger partial charge in [0.05, 0.1) is 12.0 Å². The highest BCUT2D eigenvalue weighted by Crippen LogP contribution is 2.16. The molecule has 122 valence electrons. The van der Waals surface area contributed by atoms with Gasteiger partial charge < -0.3 is 4.74 Å². The van der Waals surface area contributed by atoms with Gasteiger partial charge >= 0.3 is 0 Å². The Kier molecular flexibility index (Phi) is 6.11. The van der Waals surface area contributed by atoms with E-state index in [1.807, 2.05) is 55.5 Å². The van der Waals surface area contributed by atoms with E-state index in [2.05, 4.69) is 18.2 Å². The number of aryl methyl sites for hydroxylation is 1. The summed E-state index contributed by atoms with van der Waals surface area (Å²) in [6, 6.07) is 15.6. The maximum atomic E-state index is 12.5. The highest BCUT2D eigenvalue weighted by molar-refractivity contribution is 7.83. The lowest BCUT2D eigenvalue weighted by atomic mass is 10.0. The molecule has 0 radical (unpaired) electrons. The quantitative estimate of drug-likeness (QED) is 0.738. The summed E-state index contributed by atoms with van der Waals surface area (Å²) in [5, 5.41) is 0. The molecule has 1 atom stereocenters. The Labute approximate surface area is 141 Å². The van der Waals surface area contributed by atoms with E-state index in [-0.39, 0.29) is 5.92 Å². The van der Waals surface area contributed by atoms with Crippen molar-refractivity contribution in [1.82, 2.24) is 0 Å². The lowest BCUT2D eigenvalue weighted by Crippen LogP contribution is -2.12. The number of nitrogens with zero attached hydrogens (tertiary/aromatic N) is 1. The summed E-state index contributed by atoms with van der Waals surface area (Å²) in [5.41, 5.74) is 3.23. The van der Waals surface area contributed by atoms with Gasteiger partial charge in [-0.3, -0.25) is 0 Å². The molecule has 0 fully saturated rings. The fourth-order valence-corrected chi connectivity index (χ4v) is 3.07. The van der Waals surface area contributed by atoms with Crippen LogP contribution in [0, 0.1) is 12.8 Å². The maximum absolute atomic E-state index is 12.5. The molecule has 0 amide bonds. The van der Waals surface area contributed by atoms with Crippen molar-refractivity contribution >= 4 is 16.7 Å². The molecule has 0 aromatic heterocycles. The van der Waals surface area contributed by atoms with Crippen LogP contribution >= 0.6 is 0 Å². The Balaban J connectivity index is 2.19. The Bertz CT molecular complexity index is 688. The first kappa shape index (κ1) is 17.4. The first-order valence-electron chi connectivity index (χ1n) is 7.68. The van der Waals surface area contributed by atoms with Crippen molar-refractivity contribution in [3.63, 3.8) is 0 Å². The molecule has 0 aliphatic carbocycles. The van der Waals surface area contributed by atoms with Gasteiger partial charge in [0.2, 0.25) is 0 Å². The van der Waals surface area contributed by atoms with Gasteiger partial charge in [-0.25, -0.2) is 4.21 Å². The van der Waals surface area contributed by atoms with E-state index in [4.69, 9.17) is 4.74 Å². The van der Waals surface area contributed by atoms with Crippen LogP contribution in [-0.2, 0) is 17.4 Å². The molecule has 0 bridgehead atoms. The number of ether oxygens (including phenoxy) is 1. The first-order valence-corrected chi connectivity index (χ1v) is 8.79. The molecule has 2 rings (SSSR count). The lowest BCUT2D eigenvalue weighted by molar-refractivity contribution is 0.414. The molecule has 3 nitrogen and oxygen atoms in total. The predicted molar refractivity (Wildman–Crippen MR) is 96.6 cm³/mol. The molecule has 1 unspecified atom stereocenters. The van der Waals surface area contributed by atoms with Crippen molar-refractivity contribution in [2.24, 2.45) is 10.3 Å². The van der Waals surface area contributed by atoms with Crippen LogP contribution in [-0.4, -0.2) is 17.0 Å². The third-order valence-electron chi connectivity index (χ3n) is 3.63. The third-order valence-corrected chi connectivity index (χ3v) is 4.71. The van der Waals surface area contributed by atoms with Gasteiger partial charge in [-0.05, 0) is 42.7 Å². The van der Waals surface area contributed by atoms with Gasteiger partial charge in [0.1, 0.15) is 5.75 Å². The molecule has 0 heterocycles. The molecule has 2 aromatic carbocycles. The number of rotatable bonds is 6. The summed E-state index contributed by atoms with van der Waals surface area (Å²) in [7, 11) is 0.295. The van der Waals surface area contributed by atoms with Crippen LogP contribution in [0.4, 0.5) is 0 Å². The number of hydrogen-bond donors (Lipinski definition) is 0. The monoisotopic (exact) mass is 329 g/mol. The average molecular weight is 329 g/mol. The summed E-state index contributed by atoms with van der Waals surface area (Å²) in [6.45, 7) is 6.17. The largest absolute Gasteiger partial charge is 0.497 e. The van der Waals surface area contributed by atoms with E-state index < -0.39 is 11.0 Å². The SMILES string of the molecule is COc1ccc(C/C(=N/S(=O)c2ccc(C)cc2)C(C)C)cc1. The molecule has 0 saturated heterocycles. The third kappa shape index (κ3) is 5.03. The minimum absolute atomic E-state index is 0.242. The van der Waals surface area contributed by atoms with Gasteiger partial charge in [0, 0.05) is 12.1 Å². The Morgan fingerprint density at radius 2 is 1.70 bits per heavy atom. The van der Waals surface area contributed by atoms with E-state index in [0.717, 1.165) is 27.5 Å². The summed E-state index contributed by atoms with van der Waals surface area (Å²) >= 11 is 0. The van der Waals surface area contributed by atoms with Gasteiger partial charge in [-0.15, -0.1) is 0 Å². The fourth-order valence-electron chi connectivity index (χ4n) is 2.11. The van der Waals surface area contributed by atoms with Crippen LogP contribution in [0.5, 0.6) is 5.75 Å². The molecule has 0 N–H and O–H groups in total. The molecule has 23 heavy (non-hydrogen) atoms. The van der Waals surface area contributed by atoms with E-state index in [1.165, 1.54) is 0 Å². The van der Waals surface area contributed by atoms with Gasteiger partial charge in [0.15, 0.2) is 11.0 Å². The molecule has 0 aliphatic heterocycles. The normalized spacial score (nSPS) is 13.2. The van der Waals surface area contributed by atoms with Gasteiger partial charge in [-0.1, -0.05) is 43.7 Å². The van der Waals surface area contributed by atoms with Crippen LogP contribution < -0.4 is 4.74 Å². The maximum Gasteiger partial charge on any atom is 0.172 e. The van der Waals surface area contributed by atoms with Crippen LogP contribution in [0.3, 0.4) is 0 Å². The second-order valence-electron chi connectivity index (χ2n) is 5.82. The van der Waals surface area contributed by atoms with Crippen LogP contribution in [0.1, 0.15) is 25.0 Å². The first-order chi connectivity index (χ1) is 11.0. The number of methoxy groups -OCH3 is 1. The Hall–Kier alpha value is -1.94. The zero-order chi connectivity index (χ0) is 16.8. The van der Waals surface area contributed by atoms with Crippen molar-refractivity contribution in [1.29, 1.82) is 0 Å². The standard InChI is InChI=1S/C19H23NO2S/c1-14(2)19(13-16-7-9-17(22-4)10-8-16)20-23(21)18-11-5-15(3)6-12-18/h5-12,14H,13H2,1-4H3/b20-19-. The van der Waals surface area contributed by atoms with Crippen LogP contribution in [0.2, 0.25) is 0 Å². The highest BCUT2D eigenvalue weighted by atomic mass is 32.2. The van der Waals surface area contributed by atoms with Crippen molar-refractivity contribution in [3.8, 4) is 5.75 Å². The fraction of sp³-hybridized carbons (Fsp3) is 0.316. The predicted octanol–water partition coefficient (Wildman–Crippen LogP) is 4.37. The van der Waals surface area contributed by atoms with Crippen molar-refractivity contribution in [2.75, 3.05) is 7.11 Å². The van der Waals surface area contributed by atoms with Crippen molar-refractivity contribution in [3.05, 3.63) is 59.7 Å². The molecule has 0 spiro atoms. The van der Waals surface area contributed by atoms with Crippen molar-refractivity contribution in [2.45, 2.75) is 32.1 Å². The number of benzene rings is 2. The van der Waals surface area contributed by atoms with Crippen molar-refractivity contribution < 1.29 is 8.95 Å². The number of hydrogen-bond acceptors (Lipinski definition) is 2. The molecular weight excluding hydrogens is 306 g/mol. The average Bonchev–Trinajstić information content (AvgIpc) is 2.55. The minimum Gasteiger partial charge on any atom is -0.497 e. The smallest absolute Gasteiger partial charge is 0.172 e. The summed E-state index contributed by atoms with van der Waals surface area (Å²) in [4.78, 5) is 0.739. The summed E-state index contributed by atoms with van der Waals surface area (Å²) in [5.74, 6) is 1.08. The molecule has 2 aromatic rings. The Morgan fingerprint density at radius 1 is 1.09 bits per heavy atom. The van der Waals surface area contributed by atoms with Gasteiger partial charge in [0.25, 0.3) is 0 Å². The van der Waals surface area contributed by atoms with Gasteiger partial charge in [-0.2, -0.15) is 4.40 Å². The zero-order valence-corrected chi connectivity index (χ0v) is 14.9. The van der Waals surface area contributed by atoms with Crippen LogP contribution in [0.25, 0.3) is 0 Å². The van der Waals surface area contributed by atoms with E-state index in [9.17, 15) is 4.21 Å². The lowest BCUT2D eigenvalue weighted by Gasteiger charge is -2.11. The molecular formula is C19H23NO2S. The van der Waals surface area contributed by atoms with Crippen LogP contribution in [0.15, 0.2) is 57.8 Å². The molecule has 0 aliphatic rings. The van der Waals surface area contributed by atoms with E-state index in [0.29, 0.717) is 6.42 Å². The van der Waals surface area contributed by atoms with E-state index >= 15 is 0 Å². The second kappa shape index (κ2) is 8.06. The zero-order valence-electron chi connectivity index (χ0n) is 14.1. The molecule has 0 saturated carbocycles. The van der Waals surface area contributed by atoms with E-state index in [1.54, 1.807) is 7.11 Å². The topological polar surface area (TPSA) is 38.7 Å². The summed E-state index contributed by atoms with van der Waals surface area (Å²) < 4.78 is 22.1. The minimum atomic E-state index is -1.36.